The molecule has 0 heterocycles. The molecule has 0 saturated heterocycles. The zero-order valence-electron chi connectivity index (χ0n) is 11.8. The van der Waals surface area contributed by atoms with Crippen LogP contribution in [0.1, 0.15) is 64.2 Å². The number of halogens is 2. The van der Waals surface area contributed by atoms with Gasteiger partial charge in [0.05, 0.1) is 5.38 Å². The van der Waals surface area contributed by atoms with Crippen LogP contribution in [0.5, 0.6) is 0 Å². The Bertz CT molecular complexity index is 326. The molecule has 0 nitrogen and oxygen atoms in total. The van der Waals surface area contributed by atoms with E-state index in [1.807, 2.05) is 0 Å². The molecule has 0 radical (unpaired) electrons. The summed E-state index contributed by atoms with van der Waals surface area (Å²) in [4.78, 5) is 0. The monoisotopic (exact) mass is 300 g/mol. The van der Waals surface area contributed by atoms with E-state index in [1.165, 1.54) is 63.4 Å². The summed E-state index contributed by atoms with van der Waals surface area (Å²) in [6.45, 7) is 4.33. The van der Waals surface area contributed by atoms with Gasteiger partial charge in [0.2, 0.25) is 0 Å². The predicted octanol–water partition coefficient (Wildman–Crippen LogP) is 6.43. The van der Waals surface area contributed by atoms with Gasteiger partial charge >= 0.3 is 0 Å². The highest BCUT2D eigenvalue weighted by Crippen LogP contribution is 2.34. The number of rotatable bonds is 5. The summed E-state index contributed by atoms with van der Waals surface area (Å²) in [5, 5.41) is 0.930. The minimum Gasteiger partial charge on any atom is -0.117 e. The van der Waals surface area contributed by atoms with Gasteiger partial charge in [0, 0.05) is 5.03 Å². The van der Waals surface area contributed by atoms with Gasteiger partial charge in [-0.05, 0) is 56.8 Å². The van der Waals surface area contributed by atoms with Gasteiger partial charge in [0.25, 0.3) is 0 Å². The molecule has 0 aromatic rings. The van der Waals surface area contributed by atoms with Crippen molar-refractivity contribution >= 4 is 23.2 Å². The molecule has 0 aromatic carbocycles. The van der Waals surface area contributed by atoms with Crippen LogP contribution in [0.3, 0.4) is 0 Å². The van der Waals surface area contributed by atoms with Crippen LogP contribution in [0.15, 0.2) is 23.3 Å². The fourth-order valence-electron chi connectivity index (χ4n) is 3.45. The summed E-state index contributed by atoms with van der Waals surface area (Å²) in [5.74, 6) is 1.45. The van der Waals surface area contributed by atoms with Crippen LogP contribution < -0.4 is 0 Å². The molecule has 19 heavy (non-hydrogen) atoms. The highest BCUT2D eigenvalue weighted by molar-refractivity contribution is 6.37. The second-order valence-electron chi connectivity index (χ2n) is 6.24. The Balaban J connectivity index is 1.67. The molecule has 0 aromatic heterocycles. The van der Waals surface area contributed by atoms with Crippen molar-refractivity contribution in [3.8, 4) is 0 Å². The zero-order valence-corrected chi connectivity index (χ0v) is 13.4. The maximum atomic E-state index is 6.14. The average molecular weight is 301 g/mol. The summed E-state index contributed by atoms with van der Waals surface area (Å²) >= 11 is 12.2. The van der Waals surface area contributed by atoms with Crippen molar-refractivity contribution in [3.05, 3.63) is 23.3 Å². The Morgan fingerprint density at radius 3 is 2.58 bits per heavy atom. The SMILES string of the molecule is C=C(CCC[C@H]1C=C(Cl)C(Cl)CC1)C1CCCCC1. The number of allylic oxidation sites excluding steroid dienone is 3. The first-order valence-electron chi connectivity index (χ1n) is 7.85. The van der Waals surface area contributed by atoms with E-state index in [9.17, 15) is 0 Å². The van der Waals surface area contributed by atoms with Crippen LogP contribution in [0, 0.1) is 11.8 Å². The quantitative estimate of drug-likeness (QED) is 0.405. The van der Waals surface area contributed by atoms with Crippen molar-refractivity contribution in [1.82, 2.24) is 0 Å². The second-order valence-corrected chi connectivity index (χ2v) is 7.21. The Kier molecular flexibility index (Phi) is 6.29. The highest BCUT2D eigenvalue weighted by Gasteiger charge is 2.20. The fraction of sp³-hybridized carbons (Fsp3) is 0.765. The molecule has 2 aliphatic carbocycles. The molecule has 2 aliphatic rings. The third-order valence-corrected chi connectivity index (χ3v) is 5.69. The van der Waals surface area contributed by atoms with Gasteiger partial charge in [-0.3, -0.25) is 0 Å². The molecule has 0 aliphatic heterocycles. The Morgan fingerprint density at radius 1 is 1.16 bits per heavy atom. The van der Waals surface area contributed by atoms with Crippen molar-refractivity contribution in [2.45, 2.75) is 69.6 Å². The minimum absolute atomic E-state index is 0.0649. The van der Waals surface area contributed by atoms with E-state index in [2.05, 4.69) is 12.7 Å². The molecular formula is C17H26Cl2. The Labute approximate surface area is 128 Å². The van der Waals surface area contributed by atoms with E-state index in [0.717, 1.165) is 17.4 Å². The van der Waals surface area contributed by atoms with Crippen molar-refractivity contribution in [1.29, 1.82) is 0 Å². The van der Waals surface area contributed by atoms with Gasteiger partial charge in [-0.2, -0.15) is 0 Å². The zero-order chi connectivity index (χ0) is 13.7. The maximum absolute atomic E-state index is 6.14. The molecule has 0 amide bonds. The van der Waals surface area contributed by atoms with Crippen LogP contribution in [-0.4, -0.2) is 5.38 Å². The number of hydrogen-bond acceptors (Lipinski definition) is 0. The van der Waals surface area contributed by atoms with Crippen LogP contribution in [0.2, 0.25) is 0 Å². The first-order valence-corrected chi connectivity index (χ1v) is 8.67. The van der Waals surface area contributed by atoms with E-state index in [-0.39, 0.29) is 5.38 Å². The summed E-state index contributed by atoms with van der Waals surface area (Å²) in [7, 11) is 0. The Hall–Kier alpha value is 0.0600. The molecule has 2 atom stereocenters. The van der Waals surface area contributed by atoms with Crippen LogP contribution >= 0.6 is 23.2 Å². The molecular weight excluding hydrogens is 275 g/mol. The molecule has 0 spiro atoms. The number of alkyl halides is 1. The molecule has 0 N–H and O–H groups in total. The van der Waals surface area contributed by atoms with Crippen molar-refractivity contribution in [2.75, 3.05) is 0 Å². The van der Waals surface area contributed by atoms with Crippen molar-refractivity contribution in [2.24, 2.45) is 11.8 Å². The summed E-state index contributed by atoms with van der Waals surface area (Å²) in [6, 6.07) is 0. The van der Waals surface area contributed by atoms with E-state index in [4.69, 9.17) is 23.2 Å². The molecule has 1 unspecified atom stereocenters. The van der Waals surface area contributed by atoms with E-state index in [0.29, 0.717) is 5.92 Å². The normalized spacial score (nSPS) is 29.1. The number of hydrogen-bond donors (Lipinski definition) is 0. The standard InChI is InChI=1S/C17H26Cl2/c1-13(15-8-3-2-4-9-15)6-5-7-14-10-11-16(18)17(19)12-14/h12,14-16H,1-11H2/t14-,16?/m1/s1. The first-order chi connectivity index (χ1) is 9.16. The smallest absolute Gasteiger partial charge is 0.0689 e. The lowest BCUT2D eigenvalue weighted by atomic mass is 9.82. The summed E-state index contributed by atoms with van der Waals surface area (Å²) < 4.78 is 0. The highest BCUT2D eigenvalue weighted by atomic mass is 35.5. The van der Waals surface area contributed by atoms with Crippen LogP contribution in [0.25, 0.3) is 0 Å². The second kappa shape index (κ2) is 7.74. The molecule has 2 heteroatoms. The fourth-order valence-corrected chi connectivity index (χ4v) is 3.93. The van der Waals surface area contributed by atoms with Gasteiger partial charge in [-0.25, -0.2) is 0 Å². The van der Waals surface area contributed by atoms with Gasteiger partial charge < -0.3 is 0 Å². The Morgan fingerprint density at radius 2 is 1.89 bits per heavy atom. The van der Waals surface area contributed by atoms with Gasteiger partial charge in [0.15, 0.2) is 0 Å². The van der Waals surface area contributed by atoms with Crippen molar-refractivity contribution < 1.29 is 0 Å². The van der Waals surface area contributed by atoms with Crippen LogP contribution in [0.4, 0.5) is 0 Å². The van der Waals surface area contributed by atoms with Crippen molar-refractivity contribution in [3.63, 3.8) is 0 Å². The third kappa shape index (κ3) is 4.83. The van der Waals surface area contributed by atoms with E-state index in [1.54, 1.807) is 0 Å². The lowest BCUT2D eigenvalue weighted by molar-refractivity contribution is 0.389. The summed E-state index contributed by atoms with van der Waals surface area (Å²) in [5.41, 5.74) is 1.50. The van der Waals surface area contributed by atoms with Gasteiger partial charge in [-0.15, -0.1) is 11.6 Å². The van der Waals surface area contributed by atoms with Gasteiger partial charge in [0.1, 0.15) is 0 Å². The molecule has 1 saturated carbocycles. The van der Waals surface area contributed by atoms with E-state index < -0.39 is 0 Å². The summed E-state index contributed by atoms with van der Waals surface area (Å²) in [6.07, 6.45) is 15.1. The average Bonchev–Trinajstić information content (AvgIpc) is 2.43. The largest absolute Gasteiger partial charge is 0.117 e. The lowest BCUT2D eigenvalue weighted by Crippen LogP contribution is -2.12. The third-order valence-electron chi connectivity index (χ3n) is 4.74. The lowest BCUT2D eigenvalue weighted by Gasteiger charge is -2.25. The van der Waals surface area contributed by atoms with E-state index >= 15 is 0 Å². The topological polar surface area (TPSA) is 0 Å². The molecule has 1 fully saturated rings. The van der Waals surface area contributed by atoms with Gasteiger partial charge in [-0.1, -0.05) is 49.1 Å². The predicted molar refractivity (Wildman–Crippen MR) is 85.9 cm³/mol. The minimum atomic E-state index is 0.0649. The molecule has 2 rings (SSSR count). The maximum Gasteiger partial charge on any atom is 0.0689 e. The van der Waals surface area contributed by atoms with Crippen LogP contribution in [-0.2, 0) is 0 Å². The first kappa shape index (κ1) is 15.4. The molecule has 108 valence electrons. The molecule has 0 bridgehead atoms.